The molecular formula is C12H17BrN2O. The number of hydrogen-bond acceptors (Lipinski definition) is 3. The molecule has 2 rings (SSSR count). The number of benzene rings is 1. The Hall–Kier alpha value is -0.580. The molecule has 0 saturated carbocycles. The van der Waals surface area contributed by atoms with Gasteiger partial charge in [0.1, 0.15) is 5.75 Å². The monoisotopic (exact) mass is 284 g/mol. The summed E-state index contributed by atoms with van der Waals surface area (Å²) in [7, 11) is 0. The van der Waals surface area contributed by atoms with Crippen LogP contribution >= 0.6 is 15.9 Å². The topological polar surface area (TPSA) is 35.5 Å². The predicted molar refractivity (Wildman–Crippen MR) is 68.7 cm³/mol. The number of piperazine rings is 1. The molecule has 1 aromatic rings. The Labute approximate surface area is 105 Å². The van der Waals surface area contributed by atoms with E-state index < -0.39 is 0 Å². The van der Waals surface area contributed by atoms with Crippen molar-refractivity contribution < 1.29 is 5.11 Å². The lowest BCUT2D eigenvalue weighted by atomic mass is 10.1. The molecule has 2 N–H and O–H groups in total. The van der Waals surface area contributed by atoms with Gasteiger partial charge in [-0.15, -0.1) is 0 Å². The van der Waals surface area contributed by atoms with Crippen LogP contribution in [0.5, 0.6) is 5.75 Å². The molecule has 88 valence electrons. The quantitative estimate of drug-likeness (QED) is 0.873. The van der Waals surface area contributed by atoms with Crippen LogP contribution in [0.4, 0.5) is 0 Å². The zero-order valence-electron chi connectivity index (χ0n) is 9.41. The summed E-state index contributed by atoms with van der Waals surface area (Å²) in [6.45, 7) is 6.50. The average Bonchev–Trinajstić information content (AvgIpc) is 2.33. The summed E-state index contributed by atoms with van der Waals surface area (Å²) >= 11 is 3.36. The molecule has 1 heterocycles. The molecule has 0 spiro atoms. The molecular weight excluding hydrogens is 268 g/mol. The molecule has 0 radical (unpaired) electrons. The van der Waals surface area contributed by atoms with Crippen molar-refractivity contribution in [1.29, 1.82) is 0 Å². The zero-order chi connectivity index (χ0) is 11.5. The Morgan fingerprint density at radius 2 is 2.06 bits per heavy atom. The zero-order valence-corrected chi connectivity index (χ0v) is 11.0. The molecule has 1 aromatic carbocycles. The van der Waals surface area contributed by atoms with Gasteiger partial charge in [0.2, 0.25) is 0 Å². The van der Waals surface area contributed by atoms with E-state index in [1.807, 2.05) is 12.1 Å². The van der Waals surface area contributed by atoms with Crippen molar-refractivity contribution in [3.8, 4) is 5.75 Å². The maximum atomic E-state index is 9.47. The summed E-state index contributed by atoms with van der Waals surface area (Å²) in [5, 5.41) is 12.8. The van der Waals surface area contributed by atoms with E-state index in [1.54, 1.807) is 6.07 Å². The minimum atomic E-state index is 0.302. The summed E-state index contributed by atoms with van der Waals surface area (Å²) in [5.41, 5.74) is 1.24. The Morgan fingerprint density at radius 3 is 2.69 bits per heavy atom. The van der Waals surface area contributed by atoms with Crippen molar-refractivity contribution in [3.63, 3.8) is 0 Å². The molecule has 0 unspecified atom stereocenters. The summed E-state index contributed by atoms with van der Waals surface area (Å²) < 4.78 is 0.770. The van der Waals surface area contributed by atoms with E-state index in [9.17, 15) is 5.11 Å². The van der Waals surface area contributed by atoms with Gasteiger partial charge in [-0.1, -0.05) is 6.07 Å². The number of hydrogen-bond donors (Lipinski definition) is 2. The van der Waals surface area contributed by atoms with Crippen LogP contribution in [-0.2, 0) is 0 Å². The molecule has 1 fully saturated rings. The van der Waals surface area contributed by atoms with Crippen molar-refractivity contribution in [2.24, 2.45) is 0 Å². The second kappa shape index (κ2) is 5.17. The maximum absolute atomic E-state index is 9.47. The molecule has 0 amide bonds. The number of halogens is 1. The van der Waals surface area contributed by atoms with Crippen molar-refractivity contribution >= 4 is 15.9 Å². The fraction of sp³-hybridized carbons (Fsp3) is 0.500. The first-order valence-corrected chi connectivity index (χ1v) is 6.41. The van der Waals surface area contributed by atoms with Gasteiger partial charge < -0.3 is 10.4 Å². The second-order valence-electron chi connectivity index (χ2n) is 4.17. The van der Waals surface area contributed by atoms with E-state index in [1.165, 1.54) is 5.56 Å². The molecule has 3 nitrogen and oxygen atoms in total. The first kappa shape index (κ1) is 11.9. The van der Waals surface area contributed by atoms with E-state index in [0.29, 0.717) is 11.8 Å². The molecule has 1 atom stereocenters. The summed E-state index contributed by atoms with van der Waals surface area (Å²) in [6, 6.07) is 6.14. The normalized spacial score (nSPS) is 19.6. The minimum absolute atomic E-state index is 0.302. The molecule has 16 heavy (non-hydrogen) atoms. The average molecular weight is 285 g/mol. The van der Waals surface area contributed by atoms with Gasteiger partial charge in [0.25, 0.3) is 0 Å². The smallest absolute Gasteiger partial charge is 0.129 e. The van der Waals surface area contributed by atoms with Crippen LogP contribution in [0.25, 0.3) is 0 Å². The molecule has 0 aromatic heterocycles. The molecule has 0 bridgehead atoms. The molecule has 1 aliphatic heterocycles. The van der Waals surface area contributed by atoms with E-state index in [0.717, 1.165) is 30.7 Å². The number of rotatable bonds is 2. The van der Waals surface area contributed by atoms with E-state index in [4.69, 9.17) is 0 Å². The van der Waals surface area contributed by atoms with Gasteiger partial charge in [-0.05, 0) is 40.5 Å². The lowest BCUT2D eigenvalue weighted by molar-refractivity contribution is 0.185. The third-order valence-corrected chi connectivity index (χ3v) is 3.79. The second-order valence-corrected chi connectivity index (χ2v) is 5.03. The first-order chi connectivity index (χ1) is 7.68. The number of phenolic OH excluding ortho intramolecular Hbond substituents is 1. The molecule has 0 aliphatic carbocycles. The Morgan fingerprint density at radius 1 is 1.38 bits per heavy atom. The lowest BCUT2D eigenvalue weighted by Gasteiger charge is -2.33. The third-order valence-electron chi connectivity index (χ3n) is 3.15. The van der Waals surface area contributed by atoms with Gasteiger partial charge in [-0.2, -0.15) is 0 Å². The van der Waals surface area contributed by atoms with Crippen LogP contribution < -0.4 is 5.32 Å². The molecule has 4 heteroatoms. The van der Waals surface area contributed by atoms with Crippen molar-refractivity contribution in [2.45, 2.75) is 13.0 Å². The molecule has 1 aliphatic rings. The van der Waals surface area contributed by atoms with Gasteiger partial charge in [0, 0.05) is 32.2 Å². The van der Waals surface area contributed by atoms with E-state index >= 15 is 0 Å². The Balaban J connectivity index is 2.12. The molecule has 1 saturated heterocycles. The van der Waals surface area contributed by atoms with Crippen LogP contribution in [0, 0.1) is 0 Å². The number of nitrogens with one attached hydrogen (secondary N) is 1. The Kier molecular flexibility index (Phi) is 3.84. The standard InChI is InChI=1S/C12H17BrN2O/c1-9(15-6-4-14-5-7-15)10-2-3-12(16)11(13)8-10/h2-3,8-9,14,16H,4-7H2,1H3/t9-/m1/s1. The van der Waals surface area contributed by atoms with Crippen LogP contribution in [-0.4, -0.2) is 36.2 Å². The van der Waals surface area contributed by atoms with Crippen LogP contribution in [0.2, 0.25) is 0 Å². The Bertz CT molecular complexity index is 364. The lowest BCUT2D eigenvalue weighted by Crippen LogP contribution is -2.44. The van der Waals surface area contributed by atoms with Gasteiger partial charge in [0.15, 0.2) is 0 Å². The fourth-order valence-corrected chi connectivity index (χ4v) is 2.46. The number of aromatic hydroxyl groups is 1. The highest BCUT2D eigenvalue weighted by molar-refractivity contribution is 9.10. The highest BCUT2D eigenvalue weighted by atomic mass is 79.9. The number of nitrogens with zero attached hydrogens (tertiary/aromatic N) is 1. The van der Waals surface area contributed by atoms with Gasteiger partial charge in [0.05, 0.1) is 4.47 Å². The maximum Gasteiger partial charge on any atom is 0.129 e. The van der Waals surface area contributed by atoms with Crippen molar-refractivity contribution in [2.75, 3.05) is 26.2 Å². The summed E-state index contributed by atoms with van der Waals surface area (Å²) in [4.78, 5) is 2.45. The third kappa shape index (κ3) is 2.56. The minimum Gasteiger partial charge on any atom is -0.507 e. The first-order valence-electron chi connectivity index (χ1n) is 5.61. The summed E-state index contributed by atoms with van der Waals surface area (Å²) in [5.74, 6) is 0.302. The van der Waals surface area contributed by atoms with E-state index in [2.05, 4.69) is 33.1 Å². The van der Waals surface area contributed by atoms with Crippen molar-refractivity contribution in [1.82, 2.24) is 10.2 Å². The van der Waals surface area contributed by atoms with Crippen LogP contribution in [0.3, 0.4) is 0 Å². The van der Waals surface area contributed by atoms with Gasteiger partial charge in [-0.25, -0.2) is 0 Å². The van der Waals surface area contributed by atoms with Crippen LogP contribution in [0.1, 0.15) is 18.5 Å². The predicted octanol–water partition coefficient (Wildman–Crippen LogP) is 2.12. The van der Waals surface area contributed by atoms with Gasteiger partial charge >= 0.3 is 0 Å². The highest BCUT2D eigenvalue weighted by Crippen LogP contribution is 2.29. The van der Waals surface area contributed by atoms with Crippen molar-refractivity contribution in [3.05, 3.63) is 28.2 Å². The van der Waals surface area contributed by atoms with Crippen LogP contribution in [0.15, 0.2) is 22.7 Å². The highest BCUT2D eigenvalue weighted by Gasteiger charge is 2.18. The summed E-state index contributed by atoms with van der Waals surface area (Å²) in [6.07, 6.45) is 0. The number of phenols is 1. The fourth-order valence-electron chi connectivity index (χ4n) is 2.06. The SMILES string of the molecule is C[C@H](c1ccc(O)c(Br)c1)N1CCNCC1. The van der Waals surface area contributed by atoms with E-state index in [-0.39, 0.29) is 0 Å². The van der Waals surface area contributed by atoms with Gasteiger partial charge in [-0.3, -0.25) is 4.90 Å². The largest absolute Gasteiger partial charge is 0.507 e.